The Balaban J connectivity index is 2.88. The van der Waals surface area contributed by atoms with Crippen LogP contribution in [0.2, 0.25) is 0 Å². The van der Waals surface area contributed by atoms with E-state index in [1.165, 1.54) is 19.1 Å². The molecule has 0 amide bonds. The summed E-state index contributed by atoms with van der Waals surface area (Å²) < 4.78 is 20.6. The van der Waals surface area contributed by atoms with Gasteiger partial charge in [0.15, 0.2) is 11.5 Å². The van der Waals surface area contributed by atoms with Gasteiger partial charge >= 0.3 is 23.9 Å². The van der Waals surface area contributed by atoms with Gasteiger partial charge in [-0.05, 0) is 38.0 Å². The fourth-order valence-corrected chi connectivity index (χ4v) is 2.29. The molecule has 0 saturated heterocycles. The van der Waals surface area contributed by atoms with Crippen molar-refractivity contribution in [2.45, 2.75) is 72.1 Å². The summed E-state index contributed by atoms with van der Waals surface area (Å²) in [5, 5.41) is 0. The zero-order valence-corrected chi connectivity index (χ0v) is 17.9. The lowest BCUT2D eigenvalue weighted by molar-refractivity contribution is -0.164. The molecule has 166 valence electrons. The second-order valence-corrected chi connectivity index (χ2v) is 6.70. The monoisotopic (exact) mass is 423 g/mol. The number of benzene rings is 1. The topological polar surface area (TPSA) is 131 Å². The van der Waals surface area contributed by atoms with Crippen LogP contribution in [-0.2, 0) is 35.1 Å². The van der Waals surface area contributed by atoms with Crippen LogP contribution < -0.4 is 15.2 Å². The molecule has 0 heterocycles. The maximum Gasteiger partial charge on any atom is 0.323 e. The van der Waals surface area contributed by atoms with Crippen molar-refractivity contribution in [1.82, 2.24) is 0 Å². The maximum absolute atomic E-state index is 12.3. The number of hydrogen-bond donors (Lipinski definition) is 1. The van der Waals surface area contributed by atoms with Crippen molar-refractivity contribution in [2.24, 2.45) is 5.73 Å². The van der Waals surface area contributed by atoms with Gasteiger partial charge in [0.25, 0.3) is 0 Å². The van der Waals surface area contributed by atoms with E-state index < -0.39 is 42.1 Å². The minimum atomic E-state index is -1.00. The van der Waals surface area contributed by atoms with Gasteiger partial charge in [-0.25, -0.2) is 0 Å². The van der Waals surface area contributed by atoms with Gasteiger partial charge in [0.05, 0.1) is 0 Å². The van der Waals surface area contributed by atoms with E-state index >= 15 is 0 Å². The van der Waals surface area contributed by atoms with Gasteiger partial charge in [-0.3, -0.25) is 19.2 Å². The molecule has 0 saturated carbocycles. The van der Waals surface area contributed by atoms with Crippen LogP contribution in [0.4, 0.5) is 0 Å². The summed E-state index contributed by atoms with van der Waals surface area (Å²) in [5.41, 5.74) is 6.52. The van der Waals surface area contributed by atoms with E-state index in [9.17, 15) is 19.2 Å². The van der Waals surface area contributed by atoms with Crippen LogP contribution in [0.15, 0.2) is 18.2 Å². The molecule has 0 bridgehead atoms. The Kier molecular flexibility index (Phi) is 9.97. The lowest BCUT2D eigenvalue weighted by atomic mass is 10.1. The van der Waals surface area contributed by atoms with Crippen LogP contribution in [0.25, 0.3) is 0 Å². The summed E-state index contributed by atoms with van der Waals surface area (Å²) in [6.07, 6.45) is -0.915. The molecule has 1 aromatic carbocycles. The number of rotatable bonds is 10. The summed E-state index contributed by atoms with van der Waals surface area (Å²) >= 11 is 0. The van der Waals surface area contributed by atoms with Gasteiger partial charge in [0, 0.05) is 19.8 Å². The van der Waals surface area contributed by atoms with E-state index in [4.69, 9.17) is 24.7 Å². The molecule has 9 heteroatoms. The van der Waals surface area contributed by atoms with E-state index in [1.54, 1.807) is 33.8 Å². The molecule has 3 atom stereocenters. The quantitative estimate of drug-likeness (QED) is 0.444. The molecule has 1 rings (SSSR count). The highest BCUT2D eigenvalue weighted by molar-refractivity contribution is 5.77. The number of carbonyl (C=O) groups is 4. The molecular formula is C21H29NO8. The first-order chi connectivity index (χ1) is 14.1. The van der Waals surface area contributed by atoms with Crippen molar-refractivity contribution < 1.29 is 38.1 Å². The molecule has 2 N–H and O–H groups in total. The number of carbonyl (C=O) groups excluding carboxylic acids is 4. The van der Waals surface area contributed by atoms with Crippen LogP contribution in [-0.4, -0.2) is 42.1 Å². The molecule has 1 unspecified atom stereocenters. The molecule has 0 radical (unpaired) electrons. The Hall–Kier alpha value is -2.94. The molecule has 0 aliphatic rings. The summed E-state index contributed by atoms with van der Waals surface area (Å²) in [6.45, 7) is 7.74. The normalized spacial score (nSPS) is 13.5. The highest BCUT2D eigenvalue weighted by Gasteiger charge is 2.24. The first-order valence-electron chi connectivity index (χ1n) is 9.74. The molecule has 30 heavy (non-hydrogen) atoms. The van der Waals surface area contributed by atoms with Crippen LogP contribution in [0.5, 0.6) is 11.5 Å². The standard InChI is InChI=1S/C21H29NO8/c1-6-19(24)29-17-9-8-15(11-18(17)30-20(25)7-2)10-16(22)21(26)28-13(4)12(3)27-14(5)23/h8-9,11-13,16H,6-7,10,22H2,1-5H3/t12?,13-,16-/m0/s1. The fraction of sp³-hybridized carbons (Fsp3) is 0.524. The fourth-order valence-electron chi connectivity index (χ4n) is 2.29. The second kappa shape index (κ2) is 11.9. The summed E-state index contributed by atoms with van der Waals surface area (Å²) in [6, 6.07) is 3.57. The first kappa shape index (κ1) is 25.1. The zero-order chi connectivity index (χ0) is 22.8. The van der Waals surface area contributed by atoms with Gasteiger partial charge in [0.1, 0.15) is 18.2 Å². The third kappa shape index (κ3) is 8.20. The van der Waals surface area contributed by atoms with Crippen molar-refractivity contribution in [2.75, 3.05) is 0 Å². The SMILES string of the molecule is CCC(=O)Oc1ccc(C[C@H](N)C(=O)O[C@@H](C)C(C)OC(C)=O)cc1OC(=O)CC. The van der Waals surface area contributed by atoms with Gasteiger partial charge < -0.3 is 24.7 Å². The van der Waals surface area contributed by atoms with Crippen molar-refractivity contribution in [1.29, 1.82) is 0 Å². The van der Waals surface area contributed by atoms with Gasteiger partial charge in [-0.15, -0.1) is 0 Å². The third-order valence-electron chi connectivity index (χ3n) is 4.11. The second-order valence-electron chi connectivity index (χ2n) is 6.70. The molecule has 0 aromatic heterocycles. The van der Waals surface area contributed by atoms with Crippen molar-refractivity contribution in [3.8, 4) is 11.5 Å². The van der Waals surface area contributed by atoms with E-state index in [2.05, 4.69) is 0 Å². The van der Waals surface area contributed by atoms with Crippen molar-refractivity contribution in [3.05, 3.63) is 23.8 Å². The van der Waals surface area contributed by atoms with Gasteiger partial charge in [0.2, 0.25) is 0 Å². The lowest BCUT2D eigenvalue weighted by Gasteiger charge is -2.22. The number of ether oxygens (including phenoxy) is 4. The number of hydrogen-bond acceptors (Lipinski definition) is 9. The Morgan fingerprint density at radius 2 is 1.43 bits per heavy atom. The van der Waals surface area contributed by atoms with Crippen LogP contribution in [0, 0.1) is 0 Å². The molecule has 0 spiro atoms. The average Bonchev–Trinajstić information content (AvgIpc) is 2.68. The molecule has 0 fully saturated rings. The lowest BCUT2D eigenvalue weighted by Crippen LogP contribution is -2.39. The third-order valence-corrected chi connectivity index (χ3v) is 4.11. The predicted molar refractivity (Wildman–Crippen MR) is 107 cm³/mol. The predicted octanol–water partition coefficient (Wildman–Crippen LogP) is 2.07. The Morgan fingerprint density at radius 1 is 0.900 bits per heavy atom. The van der Waals surface area contributed by atoms with E-state index in [-0.39, 0.29) is 30.8 Å². The summed E-state index contributed by atoms with van der Waals surface area (Å²) in [7, 11) is 0. The highest BCUT2D eigenvalue weighted by atomic mass is 16.6. The highest BCUT2D eigenvalue weighted by Crippen LogP contribution is 2.30. The van der Waals surface area contributed by atoms with Gasteiger partial charge in [-0.1, -0.05) is 19.9 Å². The van der Waals surface area contributed by atoms with E-state index in [0.29, 0.717) is 5.56 Å². The minimum Gasteiger partial charge on any atom is -0.459 e. The first-order valence-corrected chi connectivity index (χ1v) is 9.74. The molecular weight excluding hydrogens is 394 g/mol. The van der Waals surface area contributed by atoms with Crippen LogP contribution in [0.1, 0.15) is 53.0 Å². The van der Waals surface area contributed by atoms with Gasteiger partial charge in [-0.2, -0.15) is 0 Å². The van der Waals surface area contributed by atoms with Crippen LogP contribution >= 0.6 is 0 Å². The summed E-state index contributed by atoms with van der Waals surface area (Å²) in [4.78, 5) is 46.6. The smallest absolute Gasteiger partial charge is 0.323 e. The number of esters is 4. The van der Waals surface area contributed by atoms with Crippen molar-refractivity contribution in [3.63, 3.8) is 0 Å². The van der Waals surface area contributed by atoms with E-state index in [1.807, 2.05) is 0 Å². The largest absolute Gasteiger partial charge is 0.459 e. The molecule has 9 nitrogen and oxygen atoms in total. The molecule has 1 aromatic rings. The zero-order valence-electron chi connectivity index (χ0n) is 17.9. The summed E-state index contributed by atoms with van der Waals surface area (Å²) in [5.74, 6) is -1.96. The molecule has 0 aliphatic carbocycles. The maximum atomic E-state index is 12.3. The molecule has 0 aliphatic heterocycles. The Morgan fingerprint density at radius 3 is 1.97 bits per heavy atom. The van der Waals surface area contributed by atoms with Crippen molar-refractivity contribution >= 4 is 23.9 Å². The Bertz CT molecular complexity index is 776. The minimum absolute atomic E-state index is 0.0681. The average molecular weight is 423 g/mol. The Labute approximate surface area is 175 Å². The number of nitrogens with two attached hydrogens (primary N) is 1. The van der Waals surface area contributed by atoms with Crippen LogP contribution in [0.3, 0.4) is 0 Å². The van der Waals surface area contributed by atoms with E-state index in [0.717, 1.165) is 0 Å².